The van der Waals surface area contributed by atoms with E-state index in [1.54, 1.807) is 0 Å². The van der Waals surface area contributed by atoms with E-state index in [0.29, 0.717) is 12.1 Å². The van der Waals surface area contributed by atoms with Gasteiger partial charge in [0.15, 0.2) is 0 Å². The summed E-state index contributed by atoms with van der Waals surface area (Å²) in [6, 6.07) is 0.784. The van der Waals surface area contributed by atoms with Crippen LogP contribution in [0.5, 0.6) is 0 Å². The fourth-order valence-corrected chi connectivity index (χ4v) is 3.08. The van der Waals surface area contributed by atoms with Crippen LogP contribution in [-0.2, 0) is 4.79 Å². The lowest BCUT2D eigenvalue weighted by Crippen LogP contribution is -2.49. The smallest absolute Gasteiger partial charge is 0.237 e. The minimum Gasteiger partial charge on any atom is -0.352 e. The van der Waals surface area contributed by atoms with Crippen LogP contribution in [0.15, 0.2) is 0 Å². The van der Waals surface area contributed by atoms with Crippen molar-refractivity contribution in [3.63, 3.8) is 0 Å². The van der Waals surface area contributed by atoms with E-state index in [1.807, 2.05) is 18.7 Å². The van der Waals surface area contributed by atoms with E-state index >= 15 is 0 Å². The third-order valence-corrected chi connectivity index (χ3v) is 4.30. The number of hydrogen-bond donors (Lipinski definition) is 2. The monoisotopic (exact) mass is 244 g/mol. The van der Waals surface area contributed by atoms with Crippen LogP contribution in [-0.4, -0.2) is 35.5 Å². The molecule has 1 rings (SSSR count). The Hall–Kier alpha value is -0.220. The maximum atomic E-state index is 11.9. The second kappa shape index (κ2) is 7.17. The lowest BCUT2D eigenvalue weighted by atomic mass is 10.1. The standard InChI is InChI=1S/C12H24N2OS/c1-4-10(5-2)14-12(15)9(3)13-11-6-7-16-8-11/h9-11,13H,4-8H2,1-3H3,(H,14,15). The molecule has 1 fully saturated rings. The van der Waals surface area contributed by atoms with Gasteiger partial charge < -0.3 is 10.6 Å². The largest absolute Gasteiger partial charge is 0.352 e. The highest BCUT2D eigenvalue weighted by atomic mass is 32.2. The fourth-order valence-electron chi connectivity index (χ4n) is 1.91. The molecule has 2 N–H and O–H groups in total. The molecule has 0 aliphatic carbocycles. The topological polar surface area (TPSA) is 41.1 Å². The zero-order chi connectivity index (χ0) is 12.0. The summed E-state index contributed by atoms with van der Waals surface area (Å²) in [7, 11) is 0. The number of amides is 1. The Kier molecular flexibility index (Phi) is 6.21. The first-order valence-corrected chi connectivity index (χ1v) is 7.47. The Morgan fingerprint density at radius 3 is 2.62 bits per heavy atom. The van der Waals surface area contributed by atoms with Crippen LogP contribution in [0.2, 0.25) is 0 Å². The van der Waals surface area contributed by atoms with Crippen LogP contribution >= 0.6 is 11.8 Å². The molecule has 16 heavy (non-hydrogen) atoms. The van der Waals surface area contributed by atoms with Crippen molar-refractivity contribution in [2.24, 2.45) is 0 Å². The van der Waals surface area contributed by atoms with Gasteiger partial charge in [-0.25, -0.2) is 0 Å². The Labute approximate surface area is 103 Å². The van der Waals surface area contributed by atoms with Gasteiger partial charge in [0.1, 0.15) is 0 Å². The van der Waals surface area contributed by atoms with E-state index in [-0.39, 0.29) is 11.9 Å². The summed E-state index contributed by atoms with van der Waals surface area (Å²) in [6.07, 6.45) is 3.20. The normalized spacial score (nSPS) is 22.4. The molecule has 0 aromatic carbocycles. The molecule has 1 heterocycles. The summed E-state index contributed by atoms with van der Waals surface area (Å²) in [5.74, 6) is 2.51. The molecule has 1 amide bonds. The van der Waals surface area contributed by atoms with Gasteiger partial charge in [-0.05, 0) is 31.9 Å². The molecule has 2 unspecified atom stereocenters. The summed E-state index contributed by atoms with van der Waals surface area (Å²) < 4.78 is 0. The molecule has 1 saturated heterocycles. The molecule has 0 spiro atoms. The third-order valence-electron chi connectivity index (χ3n) is 3.14. The second-order valence-electron chi connectivity index (χ2n) is 4.47. The van der Waals surface area contributed by atoms with Crippen LogP contribution in [0.1, 0.15) is 40.0 Å². The first kappa shape index (κ1) is 13.8. The number of nitrogens with one attached hydrogen (secondary N) is 2. The van der Waals surface area contributed by atoms with E-state index in [4.69, 9.17) is 0 Å². The highest BCUT2D eigenvalue weighted by Crippen LogP contribution is 2.17. The summed E-state index contributed by atoms with van der Waals surface area (Å²) in [5, 5.41) is 6.48. The lowest BCUT2D eigenvalue weighted by Gasteiger charge is -2.21. The Balaban J connectivity index is 2.28. The van der Waals surface area contributed by atoms with Gasteiger partial charge in [0.05, 0.1) is 6.04 Å². The van der Waals surface area contributed by atoms with Crippen molar-refractivity contribution in [1.29, 1.82) is 0 Å². The Morgan fingerprint density at radius 2 is 2.12 bits per heavy atom. The zero-order valence-electron chi connectivity index (χ0n) is 10.6. The summed E-state index contributed by atoms with van der Waals surface area (Å²) >= 11 is 1.96. The molecular formula is C12H24N2OS. The van der Waals surface area contributed by atoms with Gasteiger partial charge in [-0.2, -0.15) is 11.8 Å². The highest BCUT2D eigenvalue weighted by Gasteiger charge is 2.21. The predicted molar refractivity (Wildman–Crippen MR) is 70.8 cm³/mol. The molecule has 0 aromatic rings. The van der Waals surface area contributed by atoms with Crippen LogP contribution in [0.4, 0.5) is 0 Å². The molecule has 0 aromatic heterocycles. The van der Waals surface area contributed by atoms with Gasteiger partial charge in [-0.3, -0.25) is 4.79 Å². The molecule has 4 heteroatoms. The second-order valence-corrected chi connectivity index (χ2v) is 5.62. The minimum absolute atomic E-state index is 0.0655. The Morgan fingerprint density at radius 1 is 1.44 bits per heavy atom. The quantitative estimate of drug-likeness (QED) is 0.748. The van der Waals surface area contributed by atoms with E-state index in [9.17, 15) is 4.79 Å². The first-order valence-electron chi connectivity index (χ1n) is 6.31. The fraction of sp³-hybridized carbons (Fsp3) is 0.917. The average Bonchev–Trinajstić information content (AvgIpc) is 2.78. The van der Waals surface area contributed by atoms with Crippen molar-refractivity contribution in [1.82, 2.24) is 10.6 Å². The summed E-state index contributed by atoms with van der Waals surface area (Å²) in [4.78, 5) is 11.9. The van der Waals surface area contributed by atoms with Gasteiger partial charge in [-0.15, -0.1) is 0 Å². The molecule has 0 saturated carbocycles. The number of carbonyl (C=O) groups is 1. The number of thioether (sulfide) groups is 1. The van der Waals surface area contributed by atoms with Crippen LogP contribution in [0.25, 0.3) is 0 Å². The number of carbonyl (C=O) groups excluding carboxylic acids is 1. The average molecular weight is 244 g/mol. The van der Waals surface area contributed by atoms with Gasteiger partial charge in [-0.1, -0.05) is 13.8 Å². The van der Waals surface area contributed by atoms with Gasteiger partial charge in [0.25, 0.3) is 0 Å². The molecule has 94 valence electrons. The van der Waals surface area contributed by atoms with Crippen molar-refractivity contribution in [2.45, 2.75) is 58.2 Å². The molecule has 2 atom stereocenters. The molecular weight excluding hydrogens is 220 g/mol. The van der Waals surface area contributed by atoms with Crippen LogP contribution < -0.4 is 10.6 Å². The maximum Gasteiger partial charge on any atom is 0.237 e. The van der Waals surface area contributed by atoms with Gasteiger partial charge in [0, 0.05) is 17.8 Å². The molecule has 1 aliphatic heterocycles. The molecule has 0 radical (unpaired) electrons. The highest BCUT2D eigenvalue weighted by molar-refractivity contribution is 7.99. The zero-order valence-corrected chi connectivity index (χ0v) is 11.4. The van der Waals surface area contributed by atoms with Gasteiger partial charge in [0.2, 0.25) is 5.91 Å². The molecule has 0 bridgehead atoms. The first-order chi connectivity index (χ1) is 7.67. The van der Waals surface area contributed by atoms with Crippen molar-refractivity contribution < 1.29 is 4.79 Å². The van der Waals surface area contributed by atoms with Crippen LogP contribution in [0.3, 0.4) is 0 Å². The number of rotatable bonds is 6. The Bertz CT molecular complexity index is 213. The van der Waals surface area contributed by atoms with Gasteiger partial charge >= 0.3 is 0 Å². The van der Waals surface area contributed by atoms with E-state index in [1.165, 1.54) is 12.2 Å². The van der Waals surface area contributed by atoms with Crippen LogP contribution in [0, 0.1) is 0 Å². The molecule has 3 nitrogen and oxygen atoms in total. The van der Waals surface area contributed by atoms with E-state index in [2.05, 4.69) is 24.5 Å². The van der Waals surface area contributed by atoms with Crippen molar-refractivity contribution in [2.75, 3.05) is 11.5 Å². The van der Waals surface area contributed by atoms with Crippen molar-refractivity contribution >= 4 is 17.7 Å². The van der Waals surface area contributed by atoms with Crippen molar-refractivity contribution in [3.8, 4) is 0 Å². The minimum atomic E-state index is -0.0655. The predicted octanol–water partition coefficient (Wildman–Crippen LogP) is 1.77. The third kappa shape index (κ3) is 4.34. The SMILES string of the molecule is CCC(CC)NC(=O)C(C)NC1CCSC1. The number of hydrogen-bond acceptors (Lipinski definition) is 3. The molecule has 1 aliphatic rings. The summed E-state index contributed by atoms with van der Waals surface area (Å²) in [6.45, 7) is 6.18. The lowest BCUT2D eigenvalue weighted by molar-refractivity contribution is -0.123. The maximum absolute atomic E-state index is 11.9. The summed E-state index contributed by atoms with van der Waals surface area (Å²) in [5.41, 5.74) is 0. The van der Waals surface area contributed by atoms with E-state index in [0.717, 1.165) is 18.6 Å². The van der Waals surface area contributed by atoms with E-state index < -0.39 is 0 Å². The van der Waals surface area contributed by atoms with Crippen molar-refractivity contribution in [3.05, 3.63) is 0 Å².